The minimum absolute atomic E-state index is 0.0123. The Bertz CT molecular complexity index is 2110. The van der Waals surface area contributed by atoms with Gasteiger partial charge in [0.25, 0.3) is 0 Å². The van der Waals surface area contributed by atoms with Crippen molar-refractivity contribution in [3.63, 3.8) is 0 Å². The number of anilines is 2. The van der Waals surface area contributed by atoms with Gasteiger partial charge in [0.15, 0.2) is 6.29 Å². The van der Waals surface area contributed by atoms with E-state index in [4.69, 9.17) is 14.2 Å². The van der Waals surface area contributed by atoms with Crippen LogP contribution < -0.4 is 15.4 Å². The fraction of sp³-hybridized carbons (Fsp3) is 0.222. The van der Waals surface area contributed by atoms with Crippen molar-refractivity contribution in [3.8, 4) is 11.5 Å². The van der Waals surface area contributed by atoms with Gasteiger partial charge in [-0.05, 0) is 96.0 Å². The Morgan fingerprint density at radius 3 is 2.02 bits per heavy atom. The standard InChI is InChI=1S/C45H45N3O5/c1-30-42(28-48(3)31(2)36-18-17-33-9-7-8-10-37(33)27-36)52-44(53-43(30)34-15-13-32(29-49)14-16-34)35-19-21-38(22-20-35)46-45(50)47-39-23-25-41(26-24-39)51-40-11-5-4-6-12-40/h4-27,30-31,42-44,49H,28-29H2,1-3H3,(H2,46,47,50). The van der Waals surface area contributed by atoms with Crippen LogP contribution in [0.2, 0.25) is 0 Å². The molecule has 0 aliphatic carbocycles. The van der Waals surface area contributed by atoms with E-state index in [1.54, 1.807) is 12.1 Å². The Hall–Kier alpha value is -5.51. The third-order valence-electron chi connectivity index (χ3n) is 10.0. The molecule has 0 radical (unpaired) electrons. The van der Waals surface area contributed by atoms with E-state index in [1.807, 2.05) is 91.0 Å². The fourth-order valence-electron chi connectivity index (χ4n) is 6.74. The number of carbonyl (C=O) groups is 1. The van der Waals surface area contributed by atoms with E-state index in [1.165, 1.54) is 16.3 Å². The summed E-state index contributed by atoms with van der Waals surface area (Å²) < 4.78 is 19.3. The van der Waals surface area contributed by atoms with Crippen LogP contribution in [0.4, 0.5) is 16.2 Å². The Labute approximate surface area is 311 Å². The first-order chi connectivity index (χ1) is 25.8. The van der Waals surface area contributed by atoms with E-state index in [0.717, 1.165) is 22.4 Å². The zero-order valence-electron chi connectivity index (χ0n) is 30.2. The molecule has 5 atom stereocenters. The third kappa shape index (κ3) is 8.76. The maximum atomic E-state index is 12.9. The first-order valence-electron chi connectivity index (χ1n) is 18.0. The Kier molecular flexibility index (Phi) is 11.1. The molecule has 0 spiro atoms. The molecular weight excluding hydrogens is 663 g/mol. The number of aliphatic hydroxyl groups is 1. The number of nitrogens with one attached hydrogen (secondary N) is 2. The van der Waals surface area contributed by atoms with Gasteiger partial charge in [0, 0.05) is 35.4 Å². The van der Waals surface area contributed by atoms with Crippen LogP contribution in [0.5, 0.6) is 11.5 Å². The molecule has 0 aromatic heterocycles. The molecule has 1 aliphatic rings. The smallest absolute Gasteiger partial charge is 0.323 e. The molecule has 8 heteroatoms. The summed E-state index contributed by atoms with van der Waals surface area (Å²) in [4.78, 5) is 15.2. The van der Waals surface area contributed by atoms with Crippen molar-refractivity contribution in [2.24, 2.45) is 5.92 Å². The fourth-order valence-corrected chi connectivity index (χ4v) is 6.74. The summed E-state index contributed by atoms with van der Waals surface area (Å²) in [5, 5.41) is 17.9. The SMILES string of the molecule is CC1C(CN(C)C(C)c2ccc3ccccc3c2)OC(c2ccc(NC(=O)Nc3ccc(Oc4ccccc4)cc3)cc2)OC1c1ccc(CO)cc1. The number of rotatable bonds is 11. The number of aliphatic hydroxyl groups excluding tert-OH is 1. The highest BCUT2D eigenvalue weighted by Gasteiger charge is 2.39. The Balaban J connectivity index is 1.03. The van der Waals surface area contributed by atoms with Gasteiger partial charge in [0.2, 0.25) is 0 Å². The molecule has 7 rings (SSSR count). The molecule has 2 amide bonds. The van der Waals surface area contributed by atoms with E-state index in [-0.39, 0.29) is 36.8 Å². The average Bonchev–Trinajstić information content (AvgIpc) is 3.19. The molecule has 0 saturated carbocycles. The van der Waals surface area contributed by atoms with Crippen LogP contribution in [-0.4, -0.2) is 35.7 Å². The lowest BCUT2D eigenvalue weighted by molar-refractivity contribution is -0.276. The summed E-state index contributed by atoms with van der Waals surface area (Å²) >= 11 is 0. The monoisotopic (exact) mass is 707 g/mol. The summed E-state index contributed by atoms with van der Waals surface area (Å²) in [6, 6.07) is 47.2. The molecule has 53 heavy (non-hydrogen) atoms. The van der Waals surface area contributed by atoms with Crippen molar-refractivity contribution in [2.75, 3.05) is 24.2 Å². The molecule has 1 heterocycles. The second kappa shape index (κ2) is 16.4. The van der Waals surface area contributed by atoms with Gasteiger partial charge in [0.05, 0.1) is 18.8 Å². The van der Waals surface area contributed by atoms with Crippen molar-refractivity contribution in [3.05, 3.63) is 168 Å². The van der Waals surface area contributed by atoms with Crippen LogP contribution >= 0.6 is 0 Å². The van der Waals surface area contributed by atoms with Crippen LogP contribution in [0.3, 0.4) is 0 Å². The third-order valence-corrected chi connectivity index (χ3v) is 10.0. The number of fused-ring (bicyclic) bond motifs is 1. The van der Waals surface area contributed by atoms with Gasteiger partial charge in [-0.3, -0.25) is 4.90 Å². The van der Waals surface area contributed by atoms with Gasteiger partial charge >= 0.3 is 6.03 Å². The quantitative estimate of drug-likeness (QED) is 0.124. The zero-order valence-corrected chi connectivity index (χ0v) is 30.2. The number of amides is 2. The first kappa shape index (κ1) is 35.9. The van der Waals surface area contributed by atoms with Crippen molar-refractivity contribution < 1.29 is 24.1 Å². The molecule has 1 fully saturated rings. The van der Waals surface area contributed by atoms with Gasteiger partial charge in [-0.25, -0.2) is 4.79 Å². The number of urea groups is 1. The van der Waals surface area contributed by atoms with Crippen molar-refractivity contribution in [1.82, 2.24) is 4.90 Å². The number of hydrogen-bond acceptors (Lipinski definition) is 6. The van der Waals surface area contributed by atoms with E-state index in [0.29, 0.717) is 23.7 Å². The lowest BCUT2D eigenvalue weighted by Crippen LogP contribution is -2.44. The number of carbonyl (C=O) groups excluding carboxylic acids is 1. The van der Waals surface area contributed by atoms with Crippen LogP contribution in [0.1, 0.15) is 54.5 Å². The van der Waals surface area contributed by atoms with E-state index in [2.05, 4.69) is 78.9 Å². The summed E-state index contributed by atoms with van der Waals surface area (Å²) in [5.74, 6) is 1.47. The van der Waals surface area contributed by atoms with Crippen LogP contribution in [0, 0.1) is 5.92 Å². The van der Waals surface area contributed by atoms with E-state index >= 15 is 0 Å². The molecule has 5 unspecified atom stereocenters. The number of nitrogens with zero attached hydrogens (tertiary/aromatic N) is 1. The number of hydrogen-bond donors (Lipinski definition) is 3. The van der Waals surface area contributed by atoms with Gasteiger partial charge in [-0.15, -0.1) is 0 Å². The van der Waals surface area contributed by atoms with Crippen molar-refractivity contribution in [2.45, 2.75) is 45.0 Å². The predicted molar refractivity (Wildman–Crippen MR) is 210 cm³/mol. The molecular formula is C45H45N3O5. The van der Waals surface area contributed by atoms with Crippen LogP contribution in [-0.2, 0) is 16.1 Å². The van der Waals surface area contributed by atoms with Crippen molar-refractivity contribution >= 4 is 28.2 Å². The maximum Gasteiger partial charge on any atom is 0.323 e. The van der Waals surface area contributed by atoms with Crippen LogP contribution in [0.25, 0.3) is 10.8 Å². The van der Waals surface area contributed by atoms with Gasteiger partial charge in [-0.2, -0.15) is 0 Å². The van der Waals surface area contributed by atoms with Gasteiger partial charge in [-0.1, -0.05) is 97.9 Å². The maximum absolute atomic E-state index is 12.9. The van der Waals surface area contributed by atoms with E-state index < -0.39 is 6.29 Å². The molecule has 6 aromatic carbocycles. The number of para-hydroxylation sites is 1. The molecule has 1 aliphatic heterocycles. The van der Waals surface area contributed by atoms with Crippen molar-refractivity contribution in [1.29, 1.82) is 0 Å². The second-order valence-corrected chi connectivity index (χ2v) is 13.7. The van der Waals surface area contributed by atoms with Gasteiger partial charge < -0.3 is 30.0 Å². The molecule has 6 aromatic rings. The topological polar surface area (TPSA) is 92.3 Å². The summed E-state index contributed by atoms with van der Waals surface area (Å²) in [6.07, 6.45) is -0.997. The molecule has 1 saturated heterocycles. The lowest BCUT2D eigenvalue weighted by atomic mass is 9.89. The zero-order chi connectivity index (χ0) is 36.7. The average molecular weight is 708 g/mol. The Morgan fingerprint density at radius 1 is 0.736 bits per heavy atom. The molecule has 8 nitrogen and oxygen atoms in total. The molecule has 270 valence electrons. The Morgan fingerprint density at radius 2 is 1.34 bits per heavy atom. The van der Waals surface area contributed by atoms with Crippen LogP contribution in [0.15, 0.2) is 146 Å². The lowest BCUT2D eigenvalue weighted by Gasteiger charge is -2.43. The predicted octanol–water partition coefficient (Wildman–Crippen LogP) is 10.3. The minimum atomic E-state index is -0.623. The first-order valence-corrected chi connectivity index (χ1v) is 18.0. The summed E-state index contributed by atoms with van der Waals surface area (Å²) in [7, 11) is 2.14. The van der Waals surface area contributed by atoms with E-state index in [9.17, 15) is 9.90 Å². The second-order valence-electron chi connectivity index (χ2n) is 13.7. The minimum Gasteiger partial charge on any atom is -0.457 e. The summed E-state index contributed by atoms with van der Waals surface area (Å²) in [5.41, 5.74) is 5.27. The highest BCUT2D eigenvalue weighted by Crippen LogP contribution is 2.42. The largest absolute Gasteiger partial charge is 0.457 e. The number of ether oxygens (including phenoxy) is 3. The highest BCUT2D eigenvalue weighted by atomic mass is 16.7. The highest BCUT2D eigenvalue weighted by molar-refractivity contribution is 5.99. The normalized spacial score (nSPS) is 19.1. The summed E-state index contributed by atoms with van der Waals surface area (Å²) in [6.45, 7) is 5.09. The molecule has 0 bridgehead atoms. The number of benzene rings is 6. The number of likely N-dealkylation sites (N-methyl/N-ethyl adjacent to an activating group) is 1. The van der Waals surface area contributed by atoms with Gasteiger partial charge in [0.1, 0.15) is 11.5 Å². The molecule has 3 N–H and O–H groups in total.